The predicted octanol–water partition coefficient (Wildman–Crippen LogP) is 2.10. The summed E-state index contributed by atoms with van der Waals surface area (Å²) in [5.41, 5.74) is 8.37. The minimum Gasteiger partial charge on any atom is -0.465 e. The number of nitrogen functional groups attached to an aromatic ring is 1. The number of aromatic nitrogens is 1. The molecule has 0 saturated heterocycles. The molecule has 1 aromatic heterocycles. The van der Waals surface area contributed by atoms with Crippen LogP contribution in [0.25, 0.3) is 0 Å². The van der Waals surface area contributed by atoms with Crippen LogP contribution in [0.2, 0.25) is 0 Å². The van der Waals surface area contributed by atoms with Crippen LogP contribution < -0.4 is 11.1 Å². The molecule has 0 aliphatic rings. The number of nitrogens with one attached hydrogen (secondary N) is 1. The molecular weight excluding hydrogens is 254 g/mol. The number of carbonyl (C=O) groups excluding carboxylic acids is 1. The zero-order chi connectivity index (χ0) is 14.4. The standard InChI is InChI=1S/C15H17N3O2/c1-20-15(19)13-10-12(5-6-14(13)16)18-9-7-11-4-2-3-8-17-11/h2-6,8,10,18H,7,9,16H2,1H3. The second-order valence-electron chi connectivity index (χ2n) is 4.29. The van der Waals surface area contributed by atoms with Gasteiger partial charge in [-0.2, -0.15) is 0 Å². The van der Waals surface area contributed by atoms with Gasteiger partial charge in [0.2, 0.25) is 0 Å². The molecule has 3 N–H and O–H groups in total. The van der Waals surface area contributed by atoms with E-state index in [0.29, 0.717) is 11.3 Å². The van der Waals surface area contributed by atoms with Gasteiger partial charge in [0.05, 0.1) is 12.7 Å². The number of ether oxygens (including phenoxy) is 1. The van der Waals surface area contributed by atoms with Crippen LogP contribution in [-0.4, -0.2) is 24.6 Å². The highest BCUT2D eigenvalue weighted by molar-refractivity contribution is 5.96. The summed E-state index contributed by atoms with van der Waals surface area (Å²) in [6.07, 6.45) is 2.58. The molecular formula is C15H17N3O2. The van der Waals surface area contributed by atoms with Crippen LogP contribution >= 0.6 is 0 Å². The van der Waals surface area contributed by atoms with Crippen LogP contribution in [0.15, 0.2) is 42.6 Å². The smallest absolute Gasteiger partial charge is 0.340 e. The first kappa shape index (κ1) is 13.9. The maximum Gasteiger partial charge on any atom is 0.340 e. The van der Waals surface area contributed by atoms with E-state index < -0.39 is 5.97 Å². The number of methoxy groups -OCH3 is 1. The summed E-state index contributed by atoms with van der Waals surface area (Å²) in [4.78, 5) is 15.8. The Bertz CT molecular complexity index is 585. The largest absolute Gasteiger partial charge is 0.465 e. The molecule has 0 amide bonds. The Kier molecular flexibility index (Phi) is 4.55. The molecule has 0 spiro atoms. The average molecular weight is 271 g/mol. The van der Waals surface area contributed by atoms with Crippen molar-refractivity contribution in [1.82, 2.24) is 4.98 Å². The van der Waals surface area contributed by atoms with Crippen LogP contribution in [-0.2, 0) is 11.2 Å². The Balaban J connectivity index is 1.98. The first-order valence-electron chi connectivity index (χ1n) is 6.32. The number of benzene rings is 1. The van der Waals surface area contributed by atoms with Gasteiger partial charge >= 0.3 is 5.97 Å². The molecule has 2 aromatic rings. The van der Waals surface area contributed by atoms with Gasteiger partial charge in [-0.3, -0.25) is 4.98 Å². The number of rotatable bonds is 5. The van der Waals surface area contributed by atoms with Crippen molar-refractivity contribution in [2.24, 2.45) is 0 Å². The normalized spacial score (nSPS) is 10.1. The third-order valence-electron chi connectivity index (χ3n) is 2.90. The fourth-order valence-electron chi connectivity index (χ4n) is 1.83. The van der Waals surface area contributed by atoms with Gasteiger partial charge in [-0.05, 0) is 30.3 Å². The maximum atomic E-state index is 11.5. The molecule has 0 aliphatic heterocycles. The number of hydrogen-bond donors (Lipinski definition) is 2. The van der Waals surface area contributed by atoms with E-state index in [4.69, 9.17) is 5.73 Å². The molecule has 2 rings (SSSR count). The summed E-state index contributed by atoms with van der Waals surface area (Å²) < 4.78 is 4.69. The molecule has 0 aliphatic carbocycles. The lowest BCUT2D eigenvalue weighted by Gasteiger charge is -2.09. The van der Waals surface area contributed by atoms with Crippen molar-refractivity contribution in [3.05, 3.63) is 53.9 Å². The molecule has 0 radical (unpaired) electrons. The van der Waals surface area contributed by atoms with Crippen LogP contribution in [0.1, 0.15) is 16.1 Å². The van der Waals surface area contributed by atoms with E-state index in [2.05, 4.69) is 15.0 Å². The maximum absolute atomic E-state index is 11.5. The lowest BCUT2D eigenvalue weighted by Crippen LogP contribution is -2.09. The fourth-order valence-corrected chi connectivity index (χ4v) is 1.83. The first-order valence-corrected chi connectivity index (χ1v) is 6.32. The van der Waals surface area contributed by atoms with E-state index in [-0.39, 0.29) is 0 Å². The number of nitrogens with two attached hydrogens (primary N) is 1. The van der Waals surface area contributed by atoms with Gasteiger partial charge in [-0.25, -0.2) is 4.79 Å². The van der Waals surface area contributed by atoms with Crippen molar-refractivity contribution >= 4 is 17.3 Å². The Morgan fingerprint density at radius 2 is 2.20 bits per heavy atom. The van der Waals surface area contributed by atoms with E-state index in [1.165, 1.54) is 7.11 Å². The zero-order valence-corrected chi connectivity index (χ0v) is 11.3. The highest BCUT2D eigenvalue weighted by atomic mass is 16.5. The highest BCUT2D eigenvalue weighted by Crippen LogP contribution is 2.18. The van der Waals surface area contributed by atoms with Gasteiger partial charge in [0.25, 0.3) is 0 Å². The molecule has 0 bridgehead atoms. The summed E-state index contributed by atoms with van der Waals surface area (Å²) in [6, 6.07) is 11.0. The quantitative estimate of drug-likeness (QED) is 0.643. The van der Waals surface area contributed by atoms with E-state index in [1.807, 2.05) is 24.3 Å². The van der Waals surface area contributed by atoms with Crippen LogP contribution in [0.3, 0.4) is 0 Å². The van der Waals surface area contributed by atoms with Crippen molar-refractivity contribution < 1.29 is 9.53 Å². The third kappa shape index (κ3) is 3.47. The minimum atomic E-state index is -0.434. The second-order valence-corrected chi connectivity index (χ2v) is 4.29. The molecule has 0 unspecified atom stereocenters. The number of hydrogen-bond acceptors (Lipinski definition) is 5. The SMILES string of the molecule is COC(=O)c1cc(NCCc2ccccn2)ccc1N. The summed E-state index contributed by atoms with van der Waals surface area (Å²) >= 11 is 0. The zero-order valence-electron chi connectivity index (χ0n) is 11.3. The van der Waals surface area contributed by atoms with Crippen molar-refractivity contribution in [3.8, 4) is 0 Å². The summed E-state index contributed by atoms with van der Waals surface area (Å²) in [6.45, 7) is 0.724. The van der Waals surface area contributed by atoms with Crippen LogP contribution in [0, 0.1) is 0 Å². The van der Waals surface area contributed by atoms with E-state index in [1.54, 1.807) is 18.3 Å². The Morgan fingerprint density at radius 3 is 2.90 bits per heavy atom. The summed E-state index contributed by atoms with van der Waals surface area (Å²) in [7, 11) is 1.34. The van der Waals surface area contributed by atoms with Crippen molar-refractivity contribution in [1.29, 1.82) is 0 Å². The fraction of sp³-hybridized carbons (Fsp3) is 0.200. The number of pyridine rings is 1. The first-order chi connectivity index (χ1) is 9.70. The van der Waals surface area contributed by atoms with E-state index in [9.17, 15) is 4.79 Å². The molecule has 1 heterocycles. The van der Waals surface area contributed by atoms with Crippen molar-refractivity contribution in [3.63, 3.8) is 0 Å². The topological polar surface area (TPSA) is 77.2 Å². The van der Waals surface area contributed by atoms with Gasteiger partial charge in [0.15, 0.2) is 0 Å². The third-order valence-corrected chi connectivity index (χ3v) is 2.90. The molecule has 104 valence electrons. The molecule has 0 fully saturated rings. The van der Waals surface area contributed by atoms with Crippen molar-refractivity contribution in [2.75, 3.05) is 24.7 Å². The van der Waals surface area contributed by atoms with Gasteiger partial charge in [0, 0.05) is 36.2 Å². The Labute approximate surface area is 117 Å². The van der Waals surface area contributed by atoms with Crippen LogP contribution in [0.5, 0.6) is 0 Å². The molecule has 0 saturated carbocycles. The lowest BCUT2D eigenvalue weighted by molar-refractivity contribution is 0.0602. The van der Waals surface area contributed by atoms with Gasteiger partial charge in [-0.15, -0.1) is 0 Å². The second kappa shape index (κ2) is 6.56. The highest BCUT2D eigenvalue weighted by Gasteiger charge is 2.10. The molecule has 5 nitrogen and oxygen atoms in total. The Hall–Kier alpha value is -2.56. The molecule has 1 aromatic carbocycles. The number of anilines is 2. The van der Waals surface area contributed by atoms with Crippen LogP contribution in [0.4, 0.5) is 11.4 Å². The number of nitrogens with zero attached hydrogens (tertiary/aromatic N) is 1. The molecule has 5 heteroatoms. The van der Waals surface area contributed by atoms with Gasteiger partial charge < -0.3 is 15.8 Å². The average Bonchev–Trinajstić information content (AvgIpc) is 2.49. The summed E-state index contributed by atoms with van der Waals surface area (Å²) in [5, 5.41) is 3.24. The number of carbonyl (C=O) groups is 1. The number of esters is 1. The predicted molar refractivity (Wildman–Crippen MR) is 78.6 cm³/mol. The minimum absolute atomic E-state index is 0.371. The Morgan fingerprint density at radius 1 is 1.35 bits per heavy atom. The van der Waals surface area contributed by atoms with Crippen molar-refractivity contribution in [2.45, 2.75) is 6.42 Å². The molecule has 20 heavy (non-hydrogen) atoms. The monoisotopic (exact) mass is 271 g/mol. The van der Waals surface area contributed by atoms with E-state index >= 15 is 0 Å². The summed E-state index contributed by atoms with van der Waals surface area (Å²) in [5.74, 6) is -0.434. The van der Waals surface area contributed by atoms with E-state index in [0.717, 1.165) is 24.3 Å². The lowest BCUT2D eigenvalue weighted by atomic mass is 10.1. The molecule has 0 atom stereocenters. The van der Waals surface area contributed by atoms with Gasteiger partial charge in [-0.1, -0.05) is 6.07 Å². The van der Waals surface area contributed by atoms with Gasteiger partial charge in [0.1, 0.15) is 0 Å².